The van der Waals surface area contributed by atoms with Crippen LogP contribution in [0.25, 0.3) is 0 Å². The van der Waals surface area contributed by atoms with Crippen LogP contribution in [0.2, 0.25) is 20.1 Å². The molecule has 3 aromatic rings. The van der Waals surface area contributed by atoms with Gasteiger partial charge in [-0.3, -0.25) is 24.1 Å². The Labute approximate surface area is 302 Å². The number of ether oxygens (including phenoxy) is 5. The Bertz CT molecular complexity index is 1680. The minimum Gasteiger partial charge on any atom is -0.457 e. The second-order valence-corrected chi connectivity index (χ2v) is 12.7. The molecule has 2 aliphatic rings. The molecule has 14 heteroatoms. The molecule has 10 nitrogen and oxygen atoms in total. The maximum atomic E-state index is 14.2. The molecule has 49 heavy (non-hydrogen) atoms. The van der Waals surface area contributed by atoms with E-state index in [1.807, 2.05) is 36.4 Å². The summed E-state index contributed by atoms with van der Waals surface area (Å²) < 4.78 is 30.3. The summed E-state index contributed by atoms with van der Waals surface area (Å²) in [6, 6.07) is 16.8. The summed E-state index contributed by atoms with van der Waals surface area (Å²) in [6.07, 6.45) is -3.59. The standard InChI is InChI=1S/C35H31Cl4NO9/c1-3-4-15-23(42)49-35-30(40-33(43)24-25(34(40)44)27(37)29(39)28(38)26(24)36)32(46-17-21-13-9-6-10-14-21)31(47-19(2)41)22(48-35)18-45-16-20-11-7-5-8-12-20/h3,5-14,22,30-32,35H,1,4,15-18H2,2H3/t22-,30-,31-,32-,35+/m1/s1. The van der Waals surface area contributed by atoms with E-state index < -0.39 is 54.4 Å². The third-order valence-corrected chi connectivity index (χ3v) is 9.63. The van der Waals surface area contributed by atoms with Gasteiger partial charge in [0, 0.05) is 13.3 Å². The molecular formula is C35H31Cl4NO9. The number of nitrogens with zero attached hydrogens (tertiary/aromatic N) is 1. The molecular weight excluding hydrogens is 720 g/mol. The summed E-state index contributed by atoms with van der Waals surface area (Å²) in [6.45, 7) is 4.79. The van der Waals surface area contributed by atoms with Crippen LogP contribution in [0.15, 0.2) is 73.3 Å². The lowest BCUT2D eigenvalue weighted by atomic mass is 9.94. The van der Waals surface area contributed by atoms with Gasteiger partial charge in [0.15, 0.2) is 6.10 Å². The highest BCUT2D eigenvalue weighted by Crippen LogP contribution is 2.46. The van der Waals surface area contributed by atoms with E-state index >= 15 is 0 Å². The van der Waals surface area contributed by atoms with Gasteiger partial charge in [0.1, 0.15) is 18.2 Å². The number of hydrogen-bond donors (Lipinski definition) is 0. The molecule has 0 unspecified atom stereocenters. The number of halogens is 4. The normalized spacial score (nSPS) is 21.7. The Hall–Kier alpha value is -3.48. The quantitative estimate of drug-likeness (QED) is 0.0586. The molecule has 1 fully saturated rings. The zero-order valence-corrected chi connectivity index (χ0v) is 29.1. The lowest BCUT2D eigenvalue weighted by Crippen LogP contribution is -2.67. The van der Waals surface area contributed by atoms with E-state index in [-0.39, 0.29) is 63.9 Å². The first-order chi connectivity index (χ1) is 23.5. The first kappa shape index (κ1) is 36.8. The first-order valence-corrected chi connectivity index (χ1v) is 16.7. The van der Waals surface area contributed by atoms with E-state index in [9.17, 15) is 19.2 Å². The highest BCUT2D eigenvalue weighted by Gasteiger charge is 2.58. The van der Waals surface area contributed by atoms with Crippen molar-refractivity contribution in [2.45, 2.75) is 63.6 Å². The van der Waals surface area contributed by atoms with Crippen LogP contribution in [-0.4, -0.2) is 65.9 Å². The van der Waals surface area contributed by atoms with Gasteiger partial charge in [-0.15, -0.1) is 6.58 Å². The number of carbonyl (C=O) groups excluding carboxylic acids is 4. The largest absolute Gasteiger partial charge is 0.457 e. The molecule has 0 aliphatic carbocycles. The Morgan fingerprint density at radius 1 is 0.816 bits per heavy atom. The van der Waals surface area contributed by atoms with Crippen LogP contribution >= 0.6 is 46.4 Å². The third-order valence-electron chi connectivity index (χ3n) is 7.83. The average molecular weight is 751 g/mol. The van der Waals surface area contributed by atoms with Gasteiger partial charge in [0.05, 0.1) is 51.0 Å². The molecule has 258 valence electrons. The maximum absolute atomic E-state index is 14.2. The van der Waals surface area contributed by atoms with Crippen LogP contribution in [0.1, 0.15) is 51.6 Å². The van der Waals surface area contributed by atoms with Gasteiger partial charge in [-0.1, -0.05) is 113 Å². The molecule has 0 N–H and O–H groups in total. The van der Waals surface area contributed by atoms with Crippen molar-refractivity contribution < 1.29 is 42.9 Å². The van der Waals surface area contributed by atoms with Crippen molar-refractivity contribution >= 4 is 70.2 Å². The first-order valence-electron chi connectivity index (χ1n) is 15.2. The molecule has 5 rings (SSSR count). The number of carbonyl (C=O) groups is 4. The smallest absolute Gasteiger partial charge is 0.308 e. The van der Waals surface area contributed by atoms with Crippen LogP contribution in [0.3, 0.4) is 0 Å². The predicted molar refractivity (Wildman–Crippen MR) is 182 cm³/mol. The Balaban J connectivity index is 1.59. The number of allylic oxidation sites excluding steroid dienone is 1. The second kappa shape index (κ2) is 16.5. The minimum absolute atomic E-state index is 0.0587. The number of esters is 2. The summed E-state index contributed by atoms with van der Waals surface area (Å²) in [7, 11) is 0. The zero-order chi connectivity index (χ0) is 35.2. The van der Waals surface area contributed by atoms with Crippen LogP contribution in [0, 0.1) is 0 Å². The van der Waals surface area contributed by atoms with Gasteiger partial charge < -0.3 is 23.7 Å². The summed E-state index contributed by atoms with van der Waals surface area (Å²) >= 11 is 25.4. The van der Waals surface area contributed by atoms with Gasteiger partial charge in [-0.05, 0) is 17.5 Å². The van der Waals surface area contributed by atoms with E-state index in [2.05, 4.69) is 6.58 Å². The average Bonchev–Trinajstić information content (AvgIpc) is 3.35. The van der Waals surface area contributed by atoms with Crippen LogP contribution < -0.4 is 0 Å². The van der Waals surface area contributed by atoms with Crippen molar-refractivity contribution in [3.05, 3.63) is 116 Å². The van der Waals surface area contributed by atoms with Crippen LogP contribution in [-0.2, 0) is 46.5 Å². The van der Waals surface area contributed by atoms with E-state index in [0.29, 0.717) is 0 Å². The number of benzene rings is 3. The molecule has 1 saturated heterocycles. The third kappa shape index (κ3) is 8.13. The van der Waals surface area contributed by atoms with Gasteiger partial charge in [-0.25, -0.2) is 0 Å². The second-order valence-electron chi connectivity index (χ2n) is 11.2. The molecule has 0 bridgehead atoms. The van der Waals surface area contributed by atoms with Crippen molar-refractivity contribution in [1.82, 2.24) is 4.90 Å². The fourth-order valence-corrected chi connectivity index (χ4v) is 6.61. The number of rotatable bonds is 13. The van der Waals surface area contributed by atoms with E-state index in [4.69, 9.17) is 70.1 Å². The summed E-state index contributed by atoms with van der Waals surface area (Å²) in [5.74, 6) is -3.28. The highest BCUT2D eigenvalue weighted by molar-refractivity contribution is 6.55. The number of imide groups is 1. The Kier molecular flexibility index (Phi) is 12.4. The van der Waals surface area contributed by atoms with E-state index in [0.717, 1.165) is 16.0 Å². The molecule has 2 amide bonds. The molecule has 2 heterocycles. The molecule has 3 aromatic carbocycles. The van der Waals surface area contributed by atoms with Gasteiger partial charge in [0.2, 0.25) is 6.29 Å². The highest BCUT2D eigenvalue weighted by atomic mass is 35.5. The molecule has 0 spiro atoms. The molecule has 5 atom stereocenters. The zero-order valence-electron chi connectivity index (χ0n) is 26.1. The number of fused-ring (bicyclic) bond motifs is 1. The lowest BCUT2D eigenvalue weighted by molar-refractivity contribution is -0.285. The summed E-state index contributed by atoms with van der Waals surface area (Å²) in [4.78, 5) is 54.8. The number of hydrogen-bond acceptors (Lipinski definition) is 9. The minimum atomic E-state index is -1.62. The molecule has 2 aliphatic heterocycles. The lowest BCUT2D eigenvalue weighted by Gasteiger charge is -2.47. The maximum Gasteiger partial charge on any atom is 0.308 e. The summed E-state index contributed by atoms with van der Waals surface area (Å²) in [5, 5.41) is -1.05. The SMILES string of the molecule is C=CCCC(=O)O[C@@H]1O[C@H](COCc2ccccc2)[C@@H](OC(C)=O)[C@H](OCc2ccccc2)[C@H]1N1C(=O)c2c(Cl)c(Cl)c(Cl)c(Cl)c2C1=O. The van der Waals surface area contributed by atoms with Gasteiger partial charge in [0.25, 0.3) is 11.8 Å². The van der Waals surface area contributed by atoms with E-state index in [1.54, 1.807) is 24.3 Å². The van der Waals surface area contributed by atoms with Gasteiger partial charge in [-0.2, -0.15) is 0 Å². The van der Waals surface area contributed by atoms with E-state index in [1.165, 1.54) is 13.0 Å². The van der Waals surface area contributed by atoms with Crippen molar-refractivity contribution in [2.24, 2.45) is 0 Å². The fraction of sp³-hybridized carbons (Fsp3) is 0.314. The van der Waals surface area contributed by atoms with Crippen molar-refractivity contribution in [3.8, 4) is 0 Å². The Morgan fingerprint density at radius 3 is 1.90 bits per heavy atom. The fourth-order valence-electron chi connectivity index (χ4n) is 5.60. The topological polar surface area (TPSA) is 118 Å². The van der Waals surface area contributed by atoms with Crippen molar-refractivity contribution in [3.63, 3.8) is 0 Å². The molecule has 0 saturated carbocycles. The van der Waals surface area contributed by atoms with Crippen molar-refractivity contribution in [2.75, 3.05) is 6.61 Å². The van der Waals surface area contributed by atoms with Crippen molar-refractivity contribution in [1.29, 1.82) is 0 Å². The summed E-state index contributed by atoms with van der Waals surface area (Å²) in [5.41, 5.74) is 0.975. The predicted octanol–water partition coefficient (Wildman–Crippen LogP) is 7.23. The molecule has 0 aromatic heterocycles. The number of amides is 2. The monoisotopic (exact) mass is 749 g/mol. The molecule has 0 radical (unpaired) electrons. The van der Waals surface area contributed by atoms with Gasteiger partial charge >= 0.3 is 11.9 Å². The Morgan fingerprint density at radius 2 is 1.37 bits per heavy atom. The van der Waals surface area contributed by atoms with Crippen LogP contribution in [0.5, 0.6) is 0 Å². The van der Waals surface area contributed by atoms with Crippen LogP contribution in [0.4, 0.5) is 0 Å².